The van der Waals surface area contributed by atoms with Crippen molar-refractivity contribution in [3.05, 3.63) is 71.0 Å². The van der Waals surface area contributed by atoms with Crippen LogP contribution in [0.25, 0.3) is 0 Å². The van der Waals surface area contributed by atoms with E-state index in [4.69, 9.17) is 33.5 Å². The Labute approximate surface area is 503 Å². The fourth-order valence-electron chi connectivity index (χ4n) is 13.9. The number of aromatic nitrogens is 2. The highest BCUT2D eigenvalue weighted by Gasteiger charge is 2.54. The SMILES string of the molecule is CC[C@H]1OC(=O)[C@H](C)[C@@H](O[C@H]2C[C@@](C)(OC)[C@@H](O)[C@H](C)O2)[C@H](C)[C@@H](O[C@@H]2O[C@H](C)C[C@H](N(C)C)[C@H]2O)[C@](C)(O)C[C@@H](C)CN(C(=O)CCCCCC[P+](c2cc(C)cc(C)c2)(c2cc(C)cc(C)c2)c2cnn(C(C)C)c2)[C@H](C)[C@@H](O)[C@]1(C)O. The maximum Gasteiger partial charge on any atom is 0.311 e. The highest BCUT2D eigenvalue weighted by Crippen LogP contribution is 2.57. The molecule has 4 heterocycles. The van der Waals surface area contributed by atoms with Crippen LogP contribution in [0.4, 0.5) is 0 Å². The number of nitrogens with zero attached hydrogens (tertiary/aromatic N) is 4. The summed E-state index contributed by atoms with van der Waals surface area (Å²) < 4.78 is 40.5. The Hall–Kier alpha value is -3.42. The summed E-state index contributed by atoms with van der Waals surface area (Å²) in [6, 6.07) is 12.8. The fraction of sp³-hybridized carbons (Fsp3) is 0.742. The van der Waals surface area contributed by atoms with Gasteiger partial charge in [-0.05, 0) is 195 Å². The van der Waals surface area contributed by atoms with Crippen molar-refractivity contribution in [2.75, 3.05) is 33.9 Å². The van der Waals surface area contributed by atoms with Crippen molar-refractivity contribution in [3.63, 3.8) is 0 Å². The third-order valence-electron chi connectivity index (χ3n) is 18.7. The number of hydrogen-bond donors (Lipinski definition) is 5. The fourth-order valence-corrected chi connectivity index (χ4v) is 18.6. The minimum atomic E-state index is -2.23. The van der Waals surface area contributed by atoms with Crippen LogP contribution in [0.5, 0.6) is 0 Å². The predicted molar refractivity (Wildman–Crippen MR) is 331 cm³/mol. The van der Waals surface area contributed by atoms with Crippen molar-refractivity contribution >= 4 is 35.1 Å². The van der Waals surface area contributed by atoms with E-state index in [1.165, 1.54) is 52.2 Å². The number of carbonyl (C=O) groups excluding carboxylic acids is 2. The normalized spacial score (nSPS) is 35.2. The van der Waals surface area contributed by atoms with Gasteiger partial charge in [-0.2, -0.15) is 5.10 Å². The maximum absolute atomic E-state index is 15.0. The van der Waals surface area contributed by atoms with Gasteiger partial charge in [-0.15, -0.1) is 0 Å². The number of likely N-dealkylation sites (N-methyl/N-ethyl adjacent to an activating group) is 1. The molecule has 1 aromatic heterocycles. The van der Waals surface area contributed by atoms with Gasteiger partial charge in [-0.3, -0.25) is 14.3 Å². The second kappa shape index (κ2) is 28.8. The molecular weight excluding hydrogens is 1090 g/mol. The molecular formula is C66H108N4O13P+. The number of hydrogen-bond acceptors (Lipinski definition) is 15. The molecule has 0 aliphatic carbocycles. The number of aliphatic hydroxyl groups is 5. The van der Waals surface area contributed by atoms with Gasteiger partial charge in [0.05, 0.1) is 66.1 Å². The summed E-state index contributed by atoms with van der Waals surface area (Å²) in [5, 5.41) is 69.8. The molecule has 0 radical (unpaired) electrons. The van der Waals surface area contributed by atoms with E-state index >= 15 is 0 Å². The molecule has 3 aliphatic rings. The topological polar surface area (TPSA) is 215 Å². The Balaban J connectivity index is 1.32. The van der Waals surface area contributed by atoms with Crippen LogP contribution < -0.4 is 15.9 Å². The first-order valence-corrected chi connectivity index (χ1v) is 33.1. The molecule has 3 fully saturated rings. The van der Waals surface area contributed by atoms with Gasteiger partial charge in [0.1, 0.15) is 53.2 Å². The monoisotopic (exact) mass is 1200 g/mol. The van der Waals surface area contributed by atoms with E-state index in [1.807, 2.05) is 32.8 Å². The quantitative estimate of drug-likeness (QED) is 0.0468. The molecule has 474 valence electrons. The van der Waals surface area contributed by atoms with Crippen LogP contribution in [0.2, 0.25) is 0 Å². The molecule has 3 aromatic rings. The molecule has 0 bridgehead atoms. The van der Waals surface area contributed by atoms with Crippen molar-refractivity contribution < 1.29 is 63.5 Å². The summed E-state index contributed by atoms with van der Waals surface area (Å²) in [7, 11) is 3.03. The molecule has 17 nitrogen and oxygen atoms in total. The Morgan fingerprint density at radius 2 is 1.40 bits per heavy atom. The van der Waals surface area contributed by atoms with E-state index in [2.05, 4.69) is 95.0 Å². The number of ether oxygens (including phenoxy) is 6. The predicted octanol–water partition coefficient (Wildman–Crippen LogP) is 7.75. The van der Waals surface area contributed by atoms with Crippen LogP contribution in [-0.2, 0) is 38.0 Å². The summed E-state index contributed by atoms with van der Waals surface area (Å²) in [5.74, 6) is -3.37. The number of carbonyl (C=O) groups is 2. The van der Waals surface area contributed by atoms with Crippen LogP contribution in [0.3, 0.4) is 0 Å². The van der Waals surface area contributed by atoms with Gasteiger partial charge in [0.25, 0.3) is 0 Å². The molecule has 0 spiro atoms. The first-order valence-electron chi connectivity index (χ1n) is 31.1. The van der Waals surface area contributed by atoms with Crippen molar-refractivity contribution in [2.45, 2.75) is 265 Å². The number of esters is 1. The molecule has 3 aliphatic heterocycles. The Bertz CT molecular complexity index is 2540. The van der Waals surface area contributed by atoms with Gasteiger partial charge in [0, 0.05) is 44.5 Å². The Morgan fingerprint density at radius 1 is 0.821 bits per heavy atom. The smallest absolute Gasteiger partial charge is 0.311 e. The Kier molecular flexibility index (Phi) is 23.9. The minimum Gasteiger partial charge on any atom is -0.459 e. The number of aryl methyl sites for hydroxylation is 4. The lowest BCUT2D eigenvalue weighted by Gasteiger charge is -2.48. The van der Waals surface area contributed by atoms with Crippen LogP contribution in [0.15, 0.2) is 48.8 Å². The molecule has 18 heteroatoms. The van der Waals surface area contributed by atoms with E-state index < -0.39 is 109 Å². The number of rotatable bonds is 18. The number of benzene rings is 2. The molecule has 3 saturated heterocycles. The summed E-state index contributed by atoms with van der Waals surface area (Å²) >= 11 is 0. The Morgan fingerprint density at radius 3 is 1.94 bits per heavy atom. The van der Waals surface area contributed by atoms with Crippen molar-refractivity contribution in [1.82, 2.24) is 19.6 Å². The van der Waals surface area contributed by atoms with Crippen molar-refractivity contribution in [3.8, 4) is 0 Å². The number of cyclic esters (lactones) is 1. The number of amides is 1. The number of aliphatic hydroxyl groups excluding tert-OH is 3. The first kappa shape index (κ1) is 69.7. The lowest BCUT2D eigenvalue weighted by Crippen LogP contribution is -2.60. The van der Waals surface area contributed by atoms with E-state index in [0.717, 1.165) is 25.4 Å². The standard InChI is InChI=1S/C66H108N4O13P/c1-20-54-66(16,77)59(73)48(12)69(55(71)25-23-21-22-24-26-84(50-29-40(4)27-41(5)30-50,51-31-42(6)28-43(7)32-51)52-36-67-70(38-52)39(2)3)37-44(8)34-64(14,76)61(83-63-57(72)53(68(17)18)33-45(9)79-63)46(10)58(47(11)62(75)81-54)82-56-35-65(15,78-19)60(74)49(13)80-56/h27-32,36,38-39,44-49,53-54,56-61,63,72-74,76-77H,20-26,33-35,37H2,1-19H3/q+1/t44-,45-,46+,47-,48-,49+,53+,54-,56+,57-,58+,59-,60+,61-,63+,64-,65-,66-/m1/s1. The maximum atomic E-state index is 15.0. The molecule has 84 heavy (non-hydrogen) atoms. The molecule has 2 aromatic carbocycles. The zero-order chi connectivity index (χ0) is 62.6. The lowest BCUT2D eigenvalue weighted by atomic mass is 9.77. The van der Waals surface area contributed by atoms with Crippen LogP contribution >= 0.6 is 7.26 Å². The molecule has 6 rings (SSSR count). The lowest BCUT2D eigenvalue weighted by molar-refractivity contribution is -0.318. The number of unbranched alkanes of at least 4 members (excludes halogenated alkanes) is 3. The van der Waals surface area contributed by atoms with Crippen LogP contribution in [-0.4, -0.2) is 181 Å². The van der Waals surface area contributed by atoms with Crippen molar-refractivity contribution in [2.24, 2.45) is 17.8 Å². The van der Waals surface area contributed by atoms with Gasteiger partial charge in [0.15, 0.2) is 12.6 Å². The number of methoxy groups -OCH3 is 1. The highest BCUT2D eigenvalue weighted by atomic mass is 31.2. The summed E-state index contributed by atoms with van der Waals surface area (Å²) in [6.45, 7) is 30.4. The third kappa shape index (κ3) is 15.9. The molecule has 5 N–H and O–H groups in total. The van der Waals surface area contributed by atoms with Gasteiger partial charge in [-0.1, -0.05) is 39.3 Å². The van der Waals surface area contributed by atoms with Gasteiger partial charge >= 0.3 is 5.97 Å². The third-order valence-corrected chi connectivity index (χ3v) is 23.1. The summed E-state index contributed by atoms with van der Waals surface area (Å²) in [6.07, 6.45) is -1.15. The molecule has 1 amide bonds. The van der Waals surface area contributed by atoms with Gasteiger partial charge in [-0.25, -0.2) is 0 Å². The second-order valence-corrected chi connectivity index (χ2v) is 30.5. The van der Waals surface area contributed by atoms with E-state index in [-0.39, 0.29) is 56.3 Å². The first-order chi connectivity index (χ1) is 39.2. The average Bonchev–Trinajstić information content (AvgIpc) is 1.70. The van der Waals surface area contributed by atoms with E-state index in [1.54, 1.807) is 53.4 Å². The summed E-state index contributed by atoms with van der Waals surface area (Å²) in [5.41, 5.74) is 0.0191. The largest absolute Gasteiger partial charge is 0.459 e. The minimum absolute atomic E-state index is 0.0519. The van der Waals surface area contributed by atoms with Crippen LogP contribution in [0, 0.1) is 45.4 Å². The van der Waals surface area contributed by atoms with Gasteiger partial charge < -0.3 is 63.8 Å². The second-order valence-electron chi connectivity index (χ2n) is 26.9. The highest BCUT2D eigenvalue weighted by molar-refractivity contribution is 7.95. The zero-order valence-electron chi connectivity index (χ0n) is 54.4. The summed E-state index contributed by atoms with van der Waals surface area (Å²) in [4.78, 5) is 33.3. The molecule has 0 saturated carbocycles. The van der Waals surface area contributed by atoms with Crippen molar-refractivity contribution in [1.29, 1.82) is 0 Å². The molecule has 0 unspecified atom stereocenters. The van der Waals surface area contributed by atoms with Crippen LogP contribution in [0.1, 0.15) is 169 Å². The van der Waals surface area contributed by atoms with E-state index in [9.17, 15) is 35.1 Å². The van der Waals surface area contributed by atoms with E-state index in [0.29, 0.717) is 12.8 Å². The average molecular weight is 1200 g/mol. The zero-order valence-corrected chi connectivity index (χ0v) is 55.3. The van der Waals surface area contributed by atoms with Gasteiger partial charge in [0.2, 0.25) is 5.91 Å². The molecule has 18 atom stereocenters.